The monoisotopic (exact) mass is 458 g/mol. The third-order valence-electron chi connectivity index (χ3n) is 6.89. The van der Waals surface area contributed by atoms with E-state index in [1.807, 2.05) is 0 Å². The molecule has 0 aliphatic heterocycles. The van der Waals surface area contributed by atoms with Gasteiger partial charge in [-0.05, 0) is 70.9 Å². The summed E-state index contributed by atoms with van der Waals surface area (Å²) in [7, 11) is -9.60. The van der Waals surface area contributed by atoms with Crippen LogP contribution in [0.2, 0.25) is 0 Å². The molecule has 2 aromatic carbocycles. The molecule has 2 N–H and O–H groups in total. The summed E-state index contributed by atoms with van der Waals surface area (Å²) in [5.74, 6) is 1.18. The number of aryl methyl sites for hydroxylation is 1. The predicted molar refractivity (Wildman–Crippen MR) is 121 cm³/mol. The maximum atomic E-state index is 10.3. The van der Waals surface area contributed by atoms with E-state index in [9.17, 15) is 16.8 Å². The van der Waals surface area contributed by atoms with Crippen LogP contribution >= 0.6 is 0 Å². The van der Waals surface area contributed by atoms with Crippen molar-refractivity contribution < 1.29 is 25.9 Å². The number of hydrogen-bond donors (Lipinski definition) is 2. The SMILES string of the molecule is C1=CC2C=Cc3ccc4ccc5c6c4c3C2C6=C1CC5.CC(C)(S(=O)(=O)O)S(=O)(=O)O. The van der Waals surface area contributed by atoms with E-state index in [2.05, 4.69) is 48.6 Å². The Hall–Kier alpha value is -2.26. The Bertz CT molecular complexity index is 1420. The van der Waals surface area contributed by atoms with Gasteiger partial charge in [0, 0.05) is 11.8 Å². The van der Waals surface area contributed by atoms with Crippen molar-refractivity contribution in [3.05, 3.63) is 70.3 Å². The van der Waals surface area contributed by atoms with E-state index in [1.54, 1.807) is 33.2 Å². The Morgan fingerprint density at radius 3 is 2.19 bits per heavy atom. The molecule has 0 bridgehead atoms. The van der Waals surface area contributed by atoms with Crippen LogP contribution in [0.4, 0.5) is 0 Å². The molecule has 0 saturated carbocycles. The summed E-state index contributed by atoms with van der Waals surface area (Å²) in [5.41, 5.74) is 9.51. The summed E-state index contributed by atoms with van der Waals surface area (Å²) < 4.78 is 55.3. The van der Waals surface area contributed by atoms with Crippen molar-refractivity contribution in [1.29, 1.82) is 0 Å². The lowest BCUT2D eigenvalue weighted by molar-refractivity contribution is 0.435. The second-order valence-electron chi connectivity index (χ2n) is 8.83. The molecule has 4 aliphatic carbocycles. The summed E-state index contributed by atoms with van der Waals surface area (Å²) in [5, 5.41) is 3.00. The Balaban J connectivity index is 0.000000162. The van der Waals surface area contributed by atoms with Crippen LogP contribution in [0.1, 0.15) is 48.4 Å². The lowest BCUT2D eigenvalue weighted by Gasteiger charge is -2.32. The van der Waals surface area contributed by atoms with Crippen LogP contribution in [-0.2, 0) is 26.7 Å². The van der Waals surface area contributed by atoms with E-state index in [4.69, 9.17) is 9.11 Å². The number of rotatable bonds is 2. The van der Waals surface area contributed by atoms with E-state index in [0.29, 0.717) is 25.7 Å². The van der Waals surface area contributed by atoms with Gasteiger partial charge in [0.25, 0.3) is 20.2 Å². The fraction of sp³-hybridized carbons (Fsp3) is 0.304. The standard InChI is InChI=1S/C20H14.C3H8O6S2/c1-2-12-5-6-14-9-10-15-8-7-13-4-3-11(1)16-17(12)19(14)20(15)18(13)16;1-3(2,10(4,5)6)11(7,8)9/h1-8,12,17H,9-10H2;1-2H3,(H,4,5,6)(H,7,8,9). The van der Waals surface area contributed by atoms with Gasteiger partial charge in [0.15, 0.2) is 0 Å². The van der Waals surface area contributed by atoms with Crippen LogP contribution in [0.15, 0.2) is 48.1 Å². The van der Waals surface area contributed by atoms with Crippen molar-refractivity contribution >= 4 is 42.7 Å². The molecule has 6 rings (SSSR count). The van der Waals surface area contributed by atoms with Gasteiger partial charge in [0.2, 0.25) is 4.08 Å². The van der Waals surface area contributed by atoms with E-state index in [-0.39, 0.29) is 0 Å². The molecule has 8 heteroatoms. The number of allylic oxidation sites excluding steroid dienone is 5. The molecule has 0 fully saturated rings. The van der Waals surface area contributed by atoms with Gasteiger partial charge in [-0.2, -0.15) is 16.8 Å². The molecule has 6 nitrogen and oxygen atoms in total. The van der Waals surface area contributed by atoms with Crippen LogP contribution < -0.4 is 0 Å². The molecule has 0 saturated heterocycles. The average molecular weight is 459 g/mol. The van der Waals surface area contributed by atoms with Gasteiger partial charge in [0.1, 0.15) is 0 Å². The molecule has 0 spiro atoms. The topological polar surface area (TPSA) is 109 Å². The van der Waals surface area contributed by atoms with Gasteiger partial charge in [-0.15, -0.1) is 0 Å². The molecule has 0 amide bonds. The van der Waals surface area contributed by atoms with Crippen LogP contribution in [0.3, 0.4) is 0 Å². The largest absolute Gasteiger partial charge is 0.287 e. The summed E-state index contributed by atoms with van der Waals surface area (Å²) in [6.07, 6.45) is 12.0. The quantitative estimate of drug-likeness (QED) is 0.648. The highest BCUT2D eigenvalue weighted by molar-refractivity contribution is 8.05. The third kappa shape index (κ3) is 2.82. The zero-order valence-corrected chi connectivity index (χ0v) is 18.7. The second-order valence-corrected chi connectivity index (χ2v) is 13.0. The molecule has 162 valence electrons. The van der Waals surface area contributed by atoms with Crippen molar-refractivity contribution in [2.24, 2.45) is 5.92 Å². The van der Waals surface area contributed by atoms with Crippen LogP contribution in [-0.4, -0.2) is 30.0 Å². The molecule has 0 heterocycles. The molecular weight excluding hydrogens is 436 g/mol. The Labute approximate surface area is 181 Å². The van der Waals surface area contributed by atoms with Crippen molar-refractivity contribution in [3.63, 3.8) is 0 Å². The van der Waals surface area contributed by atoms with Gasteiger partial charge >= 0.3 is 0 Å². The first kappa shape index (κ1) is 20.6. The van der Waals surface area contributed by atoms with E-state index < -0.39 is 24.3 Å². The molecule has 2 atom stereocenters. The summed E-state index contributed by atoms with van der Waals surface area (Å²) >= 11 is 0. The highest BCUT2D eigenvalue weighted by Crippen LogP contribution is 2.59. The zero-order valence-electron chi connectivity index (χ0n) is 17.0. The van der Waals surface area contributed by atoms with Crippen molar-refractivity contribution in [2.45, 2.75) is 36.7 Å². The van der Waals surface area contributed by atoms with Crippen molar-refractivity contribution in [2.75, 3.05) is 0 Å². The highest BCUT2D eigenvalue weighted by Gasteiger charge is 2.45. The van der Waals surface area contributed by atoms with Gasteiger partial charge in [-0.3, -0.25) is 9.11 Å². The van der Waals surface area contributed by atoms with Crippen LogP contribution in [0, 0.1) is 5.92 Å². The molecule has 0 aromatic heterocycles. The Morgan fingerprint density at radius 2 is 1.55 bits per heavy atom. The minimum atomic E-state index is -4.80. The maximum absolute atomic E-state index is 10.3. The fourth-order valence-electron chi connectivity index (χ4n) is 4.98. The summed E-state index contributed by atoms with van der Waals surface area (Å²) in [4.78, 5) is 0. The van der Waals surface area contributed by atoms with Gasteiger partial charge in [0.05, 0.1) is 0 Å². The van der Waals surface area contributed by atoms with Crippen LogP contribution in [0.5, 0.6) is 0 Å². The Morgan fingerprint density at radius 1 is 0.903 bits per heavy atom. The zero-order chi connectivity index (χ0) is 22.3. The van der Waals surface area contributed by atoms with Crippen molar-refractivity contribution in [3.8, 4) is 0 Å². The second kappa shape index (κ2) is 6.38. The lowest BCUT2D eigenvalue weighted by atomic mass is 9.71. The highest BCUT2D eigenvalue weighted by atomic mass is 32.3. The third-order valence-corrected chi connectivity index (χ3v) is 10.6. The minimum absolute atomic E-state index is 0.574. The first-order valence-electron chi connectivity index (χ1n) is 10.0. The molecule has 2 unspecified atom stereocenters. The molecule has 0 radical (unpaired) electrons. The van der Waals surface area contributed by atoms with Gasteiger partial charge < -0.3 is 0 Å². The summed E-state index contributed by atoms with van der Waals surface area (Å²) in [6.45, 7) is 1.36. The average Bonchev–Trinajstić information content (AvgIpc) is 3.07. The number of hydrogen-bond acceptors (Lipinski definition) is 4. The maximum Gasteiger partial charge on any atom is 0.287 e. The summed E-state index contributed by atoms with van der Waals surface area (Å²) in [6, 6.07) is 9.31. The van der Waals surface area contributed by atoms with Gasteiger partial charge in [-0.1, -0.05) is 48.6 Å². The van der Waals surface area contributed by atoms with E-state index in [0.717, 1.165) is 0 Å². The number of benzene rings is 2. The minimum Gasteiger partial charge on any atom is -0.284 e. The van der Waals surface area contributed by atoms with Crippen molar-refractivity contribution in [1.82, 2.24) is 0 Å². The van der Waals surface area contributed by atoms with Gasteiger partial charge in [-0.25, -0.2) is 0 Å². The van der Waals surface area contributed by atoms with E-state index in [1.165, 1.54) is 23.8 Å². The molecule has 4 aliphatic rings. The molecule has 31 heavy (non-hydrogen) atoms. The van der Waals surface area contributed by atoms with Crippen LogP contribution in [0.25, 0.3) is 22.4 Å². The predicted octanol–water partition coefficient (Wildman–Crippen LogP) is 4.35. The lowest BCUT2D eigenvalue weighted by Crippen LogP contribution is -2.39. The molecule has 2 aromatic rings. The first-order chi connectivity index (χ1) is 14.4. The Kier molecular flexibility index (Phi) is 4.25. The fourth-order valence-corrected chi connectivity index (χ4v) is 6.05. The van der Waals surface area contributed by atoms with E-state index >= 15 is 0 Å². The molecular formula is C23H22O6S2. The normalized spacial score (nSPS) is 22.7. The first-order valence-corrected chi connectivity index (χ1v) is 12.9. The smallest absolute Gasteiger partial charge is 0.284 e.